The lowest BCUT2D eigenvalue weighted by molar-refractivity contribution is -0.158. The smallest absolute Gasteiger partial charge is 0.339 e. The third-order valence-electron chi connectivity index (χ3n) is 2.18. The van der Waals surface area contributed by atoms with Crippen LogP contribution in [0.15, 0.2) is 18.2 Å². The highest BCUT2D eigenvalue weighted by atomic mass is 35.5. The number of aliphatic hydroxyl groups is 1. The summed E-state index contributed by atoms with van der Waals surface area (Å²) in [5.41, 5.74) is -0.940. The zero-order chi connectivity index (χ0) is 13.1. The number of ether oxygens (including phenoxy) is 1. The summed E-state index contributed by atoms with van der Waals surface area (Å²) in [6, 6.07) is 4.93. The third kappa shape index (κ3) is 3.77. The molecule has 0 aromatic heterocycles. The summed E-state index contributed by atoms with van der Waals surface area (Å²) in [5.74, 6) is -0.704. The first-order valence-electron chi connectivity index (χ1n) is 4.86. The van der Waals surface area contributed by atoms with Crippen LogP contribution in [-0.2, 0) is 9.53 Å². The summed E-state index contributed by atoms with van der Waals surface area (Å²) in [6.07, 6.45) is 0. The van der Waals surface area contributed by atoms with Gasteiger partial charge in [-0.15, -0.1) is 0 Å². The molecule has 0 radical (unpaired) electrons. The zero-order valence-corrected chi connectivity index (χ0v) is 11.0. The second kappa shape index (κ2) is 5.58. The number of nitrogens with one attached hydrogen (secondary N) is 1. The van der Waals surface area contributed by atoms with E-state index in [-0.39, 0.29) is 6.54 Å². The van der Waals surface area contributed by atoms with Gasteiger partial charge in [-0.3, -0.25) is 0 Å². The number of carbonyl (C=O) groups excluding carboxylic acids is 1. The molecule has 0 amide bonds. The van der Waals surface area contributed by atoms with Crippen LogP contribution in [0.5, 0.6) is 0 Å². The lowest BCUT2D eigenvalue weighted by Crippen LogP contribution is -2.42. The number of anilines is 1. The average molecular weight is 278 g/mol. The fraction of sp³-hybridized carbons (Fsp3) is 0.364. The predicted molar refractivity (Wildman–Crippen MR) is 67.6 cm³/mol. The van der Waals surface area contributed by atoms with Crippen molar-refractivity contribution in [2.45, 2.75) is 12.5 Å². The monoisotopic (exact) mass is 277 g/mol. The van der Waals surface area contributed by atoms with E-state index in [0.29, 0.717) is 15.7 Å². The minimum absolute atomic E-state index is 0.0115. The minimum Gasteiger partial charge on any atom is -0.467 e. The van der Waals surface area contributed by atoms with E-state index in [4.69, 9.17) is 23.2 Å². The Labute approximate surface area is 109 Å². The molecule has 1 atom stereocenters. The van der Waals surface area contributed by atoms with E-state index in [1.807, 2.05) is 0 Å². The fourth-order valence-corrected chi connectivity index (χ4v) is 1.47. The maximum Gasteiger partial charge on any atom is 0.339 e. The maximum absolute atomic E-state index is 11.2. The van der Waals surface area contributed by atoms with Crippen molar-refractivity contribution in [3.05, 3.63) is 28.2 Å². The Morgan fingerprint density at radius 3 is 2.65 bits per heavy atom. The van der Waals surface area contributed by atoms with Gasteiger partial charge in [0.05, 0.1) is 23.7 Å². The van der Waals surface area contributed by atoms with Crippen molar-refractivity contribution in [3.63, 3.8) is 0 Å². The van der Waals surface area contributed by atoms with Crippen LogP contribution in [0.1, 0.15) is 6.92 Å². The normalized spacial score (nSPS) is 13.9. The van der Waals surface area contributed by atoms with E-state index in [2.05, 4.69) is 10.1 Å². The van der Waals surface area contributed by atoms with Crippen molar-refractivity contribution in [2.75, 3.05) is 19.0 Å². The Kier molecular flexibility index (Phi) is 4.62. The van der Waals surface area contributed by atoms with Gasteiger partial charge in [0.1, 0.15) is 0 Å². The van der Waals surface area contributed by atoms with Crippen LogP contribution in [-0.4, -0.2) is 30.3 Å². The SMILES string of the molecule is COC(=O)C(C)(O)CNc1ccc(Cl)c(Cl)c1. The molecule has 94 valence electrons. The molecule has 0 heterocycles. The van der Waals surface area contributed by atoms with Crippen molar-refractivity contribution < 1.29 is 14.6 Å². The summed E-state index contributed by atoms with van der Waals surface area (Å²) in [7, 11) is 1.22. The molecular formula is C11H13Cl2NO3. The number of esters is 1. The quantitative estimate of drug-likeness (QED) is 0.830. The second-order valence-electron chi connectivity index (χ2n) is 3.75. The molecule has 4 nitrogen and oxygen atoms in total. The molecule has 0 saturated heterocycles. The number of hydrogen-bond donors (Lipinski definition) is 2. The van der Waals surface area contributed by atoms with E-state index >= 15 is 0 Å². The minimum atomic E-state index is -1.60. The van der Waals surface area contributed by atoms with Crippen LogP contribution >= 0.6 is 23.2 Å². The molecule has 1 aromatic rings. The first-order valence-corrected chi connectivity index (χ1v) is 5.62. The van der Waals surface area contributed by atoms with E-state index in [1.165, 1.54) is 14.0 Å². The highest BCUT2D eigenvalue weighted by molar-refractivity contribution is 6.42. The largest absolute Gasteiger partial charge is 0.467 e. The van der Waals surface area contributed by atoms with E-state index in [1.54, 1.807) is 18.2 Å². The topological polar surface area (TPSA) is 58.6 Å². The van der Waals surface area contributed by atoms with Crippen molar-refractivity contribution in [2.24, 2.45) is 0 Å². The molecule has 6 heteroatoms. The molecular weight excluding hydrogens is 265 g/mol. The van der Waals surface area contributed by atoms with E-state index < -0.39 is 11.6 Å². The van der Waals surface area contributed by atoms with Gasteiger partial charge < -0.3 is 15.2 Å². The molecule has 0 aliphatic carbocycles. The summed E-state index contributed by atoms with van der Waals surface area (Å²) in [6.45, 7) is 1.38. The fourth-order valence-electron chi connectivity index (χ4n) is 1.17. The second-order valence-corrected chi connectivity index (χ2v) is 4.56. The highest BCUT2D eigenvalue weighted by Crippen LogP contribution is 2.25. The summed E-state index contributed by atoms with van der Waals surface area (Å²) in [5, 5.41) is 13.5. The van der Waals surface area contributed by atoms with Crippen molar-refractivity contribution in [1.29, 1.82) is 0 Å². The Morgan fingerprint density at radius 2 is 2.12 bits per heavy atom. The predicted octanol–water partition coefficient (Wildman–Crippen LogP) is 2.33. The molecule has 0 aliphatic rings. The van der Waals surface area contributed by atoms with Crippen LogP contribution in [0.2, 0.25) is 10.0 Å². The van der Waals surface area contributed by atoms with Crippen LogP contribution < -0.4 is 5.32 Å². The molecule has 1 rings (SSSR count). The molecule has 0 bridgehead atoms. The van der Waals surface area contributed by atoms with Gasteiger partial charge in [-0.1, -0.05) is 23.2 Å². The summed E-state index contributed by atoms with van der Waals surface area (Å²) in [4.78, 5) is 11.2. The average Bonchev–Trinajstić information content (AvgIpc) is 2.29. The van der Waals surface area contributed by atoms with Crippen LogP contribution in [0.25, 0.3) is 0 Å². The molecule has 0 saturated carbocycles. The standard InChI is InChI=1S/C11H13Cl2NO3/c1-11(16,10(15)17-2)6-14-7-3-4-8(12)9(13)5-7/h3-5,14,16H,6H2,1-2H3. The Hall–Kier alpha value is -0.970. The zero-order valence-electron chi connectivity index (χ0n) is 9.46. The lowest BCUT2D eigenvalue weighted by Gasteiger charge is -2.21. The van der Waals surface area contributed by atoms with Crippen LogP contribution in [0, 0.1) is 0 Å². The van der Waals surface area contributed by atoms with Crippen LogP contribution in [0.3, 0.4) is 0 Å². The number of carbonyl (C=O) groups is 1. The Bertz CT molecular complexity index is 421. The van der Waals surface area contributed by atoms with Gasteiger partial charge in [0.25, 0.3) is 0 Å². The summed E-state index contributed by atoms with van der Waals surface area (Å²) >= 11 is 11.6. The third-order valence-corrected chi connectivity index (χ3v) is 2.92. The maximum atomic E-state index is 11.2. The Morgan fingerprint density at radius 1 is 1.47 bits per heavy atom. The first kappa shape index (κ1) is 14.1. The molecule has 1 aromatic carbocycles. The molecule has 1 unspecified atom stereocenters. The number of rotatable bonds is 4. The highest BCUT2D eigenvalue weighted by Gasteiger charge is 2.31. The number of halogens is 2. The number of benzene rings is 1. The Balaban J connectivity index is 2.67. The van der Waals surface area contributed by atoms with Gasteiger partial charge in [0.2, 0.25) is 0 Å². The van der Waals surface area contributed by atoms with Gasteiger partial charge in [0.15, 0.2) is 5.60 Å². The molecule has 17 heavy (non-hydrogen) atoms. The van der Waals surface area contributed by atoms with Gasteiger partial charge >= 0.3 is 5.97 Å². The van der Waals surface area contributed by atoms with E-state index in [0.717, 1.165) is 0 Å². The summed E-state index contributed by atoms with van der Waals surface area (Å²) < 4.78 is 4.47. The molecule has 0 spiro atoms. The lowest BCUT2D eigenvalue weighted by atomic mass is 10.1. The van der Waals surface area contributed by atoms with Crippen LogP contribution in [0.4, 0.5) is 5.69 Å². The van der Waals surface area contributed by atoms with Crippen molar-refractivity contribution in [1.82, 2.24) is 0 Å². The molecule has 2 N–H and O–H groups in total. The van der Waals surface area contributed by atoms with Gasteiger partial charge in [-0.05, 0) is 25.1 Å². The van der Waals surface area contributed by atoms with Crippen molar-refractivity contribution >= 4 is 34.9 Å². The van der Waals surface area contributed by atoms with Gasteiger partial charge in [-0.2, -0.15) is 0 Å². The first-order chi connectivity index (χ1) is 7.86. The molecule has 0 fully saturated rings. The van der Waals surface area contributed by atoms with E-state index in [9.17, 15) is 9.90 Å². The van der Waals surface area contributed by atoms with Gasteiger partial charge in [-0.25, -0.2) is 4.79 Å². The van der Waals surface area contributed by atoms with Crippen molar-refractivity contribution in [3.8, 4) is 0 Å². The number of methoxy groups -OCH3 is 1. The number of hydrogen-bond acceptors (Lipinski definition) is 4. The molecule has 0 aliphatic heterocycles. The van der Waals surface area contributed by atoms with Gasteiger partial charge in [0, 0.05) is 5.69 Å².